The van der Waals surface area contributed by atoms with E-state index in [4.69, 9.17) is 0 Å². The third kappa shape index (κ3) is 4.31. The summed E-state index contributed by atoms with van der Waals surface area (Å²) >= 11 is 1.21. The summed E-state index contributed by atoms with van der Waals surface area (Å²) in [7, 11) is 1.64. The zero-order valence-corrected chi connectivity index (χ0v) is 18.7. The standard InChI is InChI=1S/C24H22N4O3S/c1-14-7-9-17(10-8-14)21(29)27-18-6-4-5-16(11-18)12-25-22(30)20-15(2)19-23(32-20)26-13-28(3)24(19)31/h4-11,13H,12H2,1-3H3,(H,25,30)(H,27,29). The van der Waals surface area contributed by atoms with Crippen molar-refractivity contribution in [1.82, 2.24) is 14.9 Å². The maximum atomic E-state index is 12.8. The Kier molecular flexibility index (Phi) is 5.87. The summed E-state index contributed by atoms with van der Waals surface area (Å²) in [5, 5.41) is 6.25. The van der Waals surface area contributed by atoms with Crippen LogP contribution in [-0.2, 0) is 13.6 Å². The van der Waals surface area contributed by atoms with Crippen molar-refractivity contribution >= 4 is 39.1 Å². The van der Waals surface area contributed by atoms with Crippen molar-refractivity contribution < 1.29 is 9.59 Å². The molecular formula is C24H22N4O3S. The van der Waals surface area contributed by atoms with Gasteiger partial charge in [0.15, 0.2) is 0 Å². The lowest BCUT2D eigenvalue weighted by Gasteiger charge is -2.09. The molecule has 2 amide bonds. The minimum absolute atomic E-state index is 0.167. The van der Waals surface area contributed by atoms with Crippen molar-refractivity contribution in [3.8, 4) is 0 Å². The molecule has 7 nitrogen and oxygen atoms in total. The Morgan fingerprint density at radius 2 is 1.81 bits per heavy atom. The SMILES string of the molecule is Cc1ccc(C(=O)Nc2cccc(CNC(=O)c3sc4ncn(C)c(=O)c4c3C)c2)cc1. The van der Waals surface area contributed by atoms with Gasteiger partial charge in [-0.15, -0.1) is 11.3 Å². The van der Waals surface area contributed by atoms with Gasteiger partial charge in [-0.2, -0.15) is 0 Å². The number of fused-ring (bicyclic) bond motifs is 1. The quantitative estimate of drug-likeness (QED) is 0.488. The monoisotopic (exact) mass is 446 g/mol. The topological polar surface area (TPSA) is 93.1 Å². The molecule has 0 radical (unpaired) electrons. The van der Waals surface area contributed by atoms with Crippen LogP contribution in [-0.4, -0.2) is 21.4 Å². The van der Waals surface area contributed by atoms with Crippen LogP contribution in [0.2, 0.25) is 0 Å². The van der Waals surface area contributed by atoms with Crippen LogP contribution >= 0.6 is 11.3 Å². The molecule has 4 rings (SSSR count). The van der Waals surface area contributed by atoms with Gasteiger partial charge in [0, 0.05) is 24.8 Å². The number of carbonyl (C=O) groups excluding carboxylic acids is 2. The molecule has 0 atom stereocenters. The van der Waals surface area contributed by atoms with Crippen LogP contribution in [0.3, 0.4) is 0 Å². The lowest BCUT2D eigenvalue weighted by atomic mass is 10.1. The summed E-state index contributed by atoms with van der Waals surface area (Å²) < 4.78 is 1.40. The number of hydrogen-bond acceptors (Lipinski definition) is 5. The minimum atomic E-state index is -0.262. The molecule has 0 aliphatic heterocycles. The maximum absolute atomic E-state index is 12.8. The van der Waals surface area contributed by atoms with Crippen LogP contribution in [0.25, 0.3) is 10.2 Å². The van der Waals surface area contributed by atoms with E-state index < -0.39 is 0 Å². The number of hydrogen-bond donors (Lipinski definition) is 2. The second-order valence-corrected chi connectivity index (χ2v) is 8.60. The zero-order valence-electron chi connectivity index (χ0n) is 17.9. The van der Waals surface area contributed by atoms with E-state index in [-0.39, 0.29) is 23.9 Å². The fourth-order valence-corrected chi connectivity index (χ4v) is 4.41. The van der Waals surface area contributed by atoms with E-state index in [0.29, 0.717) is 31.9 Å². The van der Waals surface area contributed by atoms with Gasteiger partial charge in [-0.25, -0.2) is 4.98 Å². The largest absolute Gasteiger partial charge is 0.347 e. The third-order valence-corrected chi connectivity index (χ3v) is 6.37. The number of amides is 2. The predicted octanol–water partition coefficient (Wildman–Crippen LogP) is 3.79. The highest BCUT2D eigenvalue weighted by Crippen LogP contribution is 2.26. The number of thiophene rings is 1. The number of aromatic nitrogens is 2. The molecule has 2 aromatic carbocycles. The molecule has 2 N–H and O–H groups in total. The maximum Gasteiger partial charge on any atom is 0.262 e. The normalized spacial score (nSPS) is 10.8. The van der Waals surface area contributed by atoms with Crippen LogP contribution in [0, 0.1) is 13.8 Å². The van der Waals surface area contributed by atoms with Crippen LogP contribution in [0.4, 0.5) is 5.69 Å². The molecule has 0 bridgehead atoms. The van der Waals surface area contributed by atoms with Gasteiger partial charge in [-0.3, -0.25) is 14.4 Å². The average molecular weight is 447 g/mol. The number of nitrogens with zero attached hydrogens (tertiary/aromatic N) is 2. The highest BCUT2D eigenvalue weighted by Gasteiger charge is 2.19. The highest BCUT2D eigenvalue weighted by molar-refractivity contribution is 7.20. The Balaban J connectivity index is 1.46. The van der Waals surface area contributed by atoms with Crippen molar-refractivity contribution in [3.05, 3.63) is 92.3 Å². The van der Waals surface area contributed by atoms with E-state index >= 15 is 0 Å². The second-order valence-electron chi connectivity index (χ2n) is 7.60. The summed E-state index contributed by atoms with van der Waals surface area (Å²) in [6, 6.07) is 14.7. The van der Waals surface area contributed by atoms with Crippen LogP contribution < -0.4 is 16.2 Å². The Labute approximate surface area is 188 Å². The molecule has 0 fully saturated rings. The Hall–Kier alpha value is -3.78. The molecule has 8 heteroatoms. The van der Waals surface area contributed by atoms with Gasteiger partial charge in [0.2, 0.25) is 0 Å². The summed E-state index contributed by atoms with van der Waals surface area (Å²) in [5.41, 5.74) is 3.62. The van der Waals surface area contributed by atoms with Crippen molar-refractivity contribution in [2.45, 2.75) is 20.4 Å². The summed E-state index contributed by atoms with van der Waals surface area (Å²) in [4.78, 5) is 42.9. The summed E-state index contributed by atoms with van der Waals surface area (Å²) in [5.74, 6) is -0.456. The van der Waals surface area contributed by atoms with Crippen molar-refractivity contribution in [2.24, 2.45) is 7.05 Å². The van der Waals surface area contributed by atoms with E-state index in [1.165, 1.54) is 22.2 Å². The molecule has 4 aromatic rings. The van der Waals surface area contributed by atoms with Crippen molar-refractivity contribution in [3.63, 3.8) is 0 Å². The van der Waals surface area contributed by atoms with Gasteiger partial charge < -0.3 is 15.2 Å². The lowest BCUT2D eigenvalue weighted by molar-refractivity contribution is 0.0953. The van der Waals surface area contributed by atoms with E-state index in [0.717, 1.165) is 11.1 Å². The molecule has 0 aliphatic rings. The molecule has 32 heavy (non-hydrogen) atoms. The molecule has 0 saturated heterocycles. The number of benzene rings is 2. The predicted molar refractivity (Wildman–Crippen MR) is 126 cm³/mol. The van der Waals surface area contributed by atoms with E-state index in [9.17, 15) is 14.4 Å². The molecule has 2 heterocycles. The molecule has 0 spiro atoms. The number of aryl methyl sites for hydroxylation is 3. The molecule has 0 aliphatic carbocycles. The molecule has 0 unspecified atom stereocenters. The minimum Gasteiger partial charge on any atom is -0.347 e. The number of anilines is 1. The fourth-order valence-electron chi connectivity index (χ4n) is 3.36. The van der Waals surface area contributed by atoms with Crippen molar-refractivity contribution in [1.29, 1.82) is 0 Å². The Morgan fingerprint density at radius 1 is 1.06 bits per heavy atom. The van der Waals surface area contributed by atoms with E-state index in [1.807, 2.05) is 37.3 Å². The average Bonchev–Trinajstić information content (AvgIpc) is 3.12. The van der Waals surface area contributed by atoms with Crippen LogP contribution in [0.15, 0.2) is 59.7 Å². The third-order valence-electron chi connectivity index (χ3n) is 5.17. The van der Waals surface area contributed by atoms with Crippen molar-refractivity contribution in [2.75, 3.05) is 5.32 Å². The zero-order chi connectivity index (χ0) is 22.8. The highest BCUT2D eigenvalue weighted by atomic mass is 32.1. The first-order valence-electron chi connectivity index (χ1n) is 10.0. The molecular weight excluding hydrogens is 424 g/mol. The smallest absolute Gasteiger partial charge is 0.262 e. The summed E-state index contributed by atoms with van der Waals surface area (Å²) in [6.45, 7) is 4.01. The molecule has 162 valence electrons. The lowest BCUT2D eigenvalue weighted by Crippen LogP contribution is -2.23. The van der Waals surface area contributed by atoms with Gasteiger partial charge in [-0.05, 0) is 49.2 Å². The van der Waals surface area contributed by atoms with Gasteiger partial charge in [0.25, 0.3) is 17.4 Å². The van der Waals surface area contributed by atoms with Gasteiger partial charge in [-0.1, -0.05) is 29.8 Å². The first-order valence-corrected chi connectivity index (χ1v) is 10.8. The van der Waals surface area contributed by atoms with Gasteiger partial charge in [0.1, 0.15) is 4.83 Å². The summed E-state index contributed by atoms with van der Waals surface area (Å²) in [6.07, 6.45) is 1.46. The first kappa shape index (κ1) is 21.5. The fraction of sp³-hybridized carbons (Fsp3) is 0.167. The van der Waals surface area contributed by atoms with Gasteiger partial charge >= 0.3 is 0 Å². The first-order chi connectivity index (χ1) is 15.3. The second kappa shape index (κ2) is 8.76. The number of carbonyl (C=O) groups is 2. The number of nitrogens with one attached hydrogen (secondary N) is 2. The molecule has 0 saturated carbocycles. The van der Waals surface area contributed by atoms with Gasteiger partial charge in [0.05, 0.1) is 16.6 Å². The van der Waals surface area contributed by atoms with Crippen LogP contribution in [0.1, 0.15) is 36.7 Å². The molecule has 2 aromatic heterocycles. The van der Waals surface area contributed by atoms with E-state index in [2.05, 4.69) is 15.6 Å². The van der Waals surface area contributed by atoms with Crippen LogP contribution in [0.5, 0.6) is 0 Å². The Morgan fingerprint density at radius 3 is 2.56 bits per heavy atom. The number of rotatable bonds is 5. The Bertz CT molecular complexity index is 1390. The van der Waals surface area contributed by atoms with E-state index in [1.54, 1.807) is 32.2 Å².